The lowest BCUT2D eigenvalue weighted by Crippen LogP contribution is -2.00. The third-order valence-corrected chi connectivity index (χ3v) is 3.87. The van der Waals surface area contributed by atoms with Crippen LogP contribution in [0.1, 0.15) is 30.0 Å². The van der Waals surface area contributed by atoms with Crippen LogP contribution in [0, 0.1) is 6.92 Å². The normalized spacial score (nSPS) is 15.4. The summed E-state index contributed by atoms with van der Waals surface area (Å²) in [6.07, 6.45) is 6.35. The molecule has 0 N–H and O–H groups in total. The number of hydrogen-bond acceptors (Lipinski definition) is 2. The number of hydrogen-bond donors (Lipinski definition) is 0. The van der Waals surface area contributed by atoms with Gasteiger partial charge in [-0.1, -0.05) is 0 Å². The largest absolute Gasteiger partial charge is 0.236 e. The molecule has 1 aliphatic rings. The second kappa shape index (κ2) is 3.70. The molecule has 82 valence electrons. The molecule has 1 fully saturated rings. The molecule has 2 aromatic heterocycles. The van der Waals surface area contributed by atoms with Gasteiger partial charge in [-0.05, 0) is 53.4 Å². The maximum Gasteiger partial charge on any atom is 0.167 e. The Kier molecular flexibility index (Phi) is 2.32. The summed E-state index contributed by atoms with van der Waals surface area (Å²) in [5, 5.41) is 4.57. The number of aryl methyl sites for hydroxylation is 1. The van der Waals surface area contributed by atoms with E-state index in [0.717, 1.165) is 10.3 Å². The van der Waals surface area contributed by atoms with Gasteiger partial charge in [-0.15, -0.1) is 0 Å². The first kappa shape index (κ1) is 10.0. The van der Waals surface area contributed by atoms with Gasteiger partial charge in [-0.25, -0.2) is 9.67 Å². The first-order valence-electron chi connectivity index (χ1n) is 5.43. The first-order valence-corrected chi connectivity index (χ1v) is 6.22. The number of halogens is 1. The molecule has 0 radical (unpaired) electrons. The third kappa shape index (κ3) is 1.67. The highest BCUT2D eigenvalue weighted by atomic mass is 79.9. The Morgan fingerprint density at radius 1 is 1.38 bits per heavy atom. The second-order valence-electron chi connectivity index (χ2n) is 4.22. The van der Waals surface area contributed by atoms with E-state index in [0.29, 0.717) is 5.92 Å². The van der Waals surface area contributed by atoms with E-state index in [1.807, 2.05) is 23.1 Å². The SMILES string of the molecule is Cc1ccnc(-n2ccc(C3CC3)n2)c1Br. The van der Waals surface area contributed by atoms with Crippen LogP contribution in [-0.4, -0.2) is 14.8 Å². The Bertz CT molecular complexity index is 529. The van der Waals surface area contributed by atoms with E-state index in [1.165, 1.54) is 24.1 Å². The van der Waals surface area contributed by atoms with Gasteiger partial charge in [0.15, 0.2) is 5.82 Å². The summed E-state index contributed by atoms with van der Waals surface area (Å²) >= 11 is 3.56. The molecule has 2 aromatic rings. The van der Waals surface area contributed by atoms with Crippen molar-refractivity contribution in [2.24, 2.45) is 0 Å². The lowest BCUT2D eigenvalue weighted by atomic mass is 10.3. The number of nitrogens with zero attached hydrogens (tertiary/aromatic N) is 3. The zero-order valence-electron chi connectivity index (χ0n) is 9.02. The summed E-state index contributed by atoms with van der Waals surface area (Å²) in [5.74, 6) is 1.55. The standard InChI is InChI=1S/C12H12BrN3/c1-8-4-6-14-12(11(8)13)16-7-5-10(15-16)9-2-3-9/h4-7,9H,2-3H2,1H3. The van der Waals surface area contributed by atoms with Crippen LogP contribution in [0.5, 0.6) is 0 Å². The molecule has 2 heterocycles. The lowest BCUT2D eigenvalue weighted by Gasteiger charge is -2.05. The molecule has 0 atom stereocenters. The molecule has 4 heteroatoms. The minimum absolute atomic E-state index is 0.685. The third-order valence-electron chi connectivity index (χ3n) is 2.89. The average molecular weight is 278 g/mol. The lowest BCUT2D eigenvalue weighted by molar-refractivity contribution is 0.807. The van der Waals surface area contributed by atoms with Crippen molar-refractivity contribution < 1.29 is 0 Å². The summed E-state index contributed by atoms with van der Waals surface area (Å²) in [6.45, 7) is 2.06. The van der Waals surface area contributed by atoms with E-state index in [2.05, 4.69) is 39.0 Å². The van der Waals surface area contributed by atoms with E-state index in [9.17, 15) is 0 Å². The van der Waals surface area contributed by atoms with Crippen LogP contribution in [0.25, 0.3) is 5.82 Å². The van der Waals surface area contributed by atoms with Crippen LogP contribution in [0.2, 0.25) is 0 Å². The topological polar surface area (TPSA) is 30.7 Å². The fourth-order valence-electron chi connectivity index (χ4n) is 1.74. The van der Waals surface area contributed by atoms with Crippen molar-refractivity contribution in [2.45, 2.75) is 25.7 Å². The molecular weight excluding hydrogens is 266 g/mol. The van der Waals surface area contributed by atoms with Crippen LogP contribution in [0.15, 0.2) is 29.0 Å². The maximum absolute atomic E-state index is 4.57. The van der Waals surface area contributed by atoms with Crippen LogP contribution < -0.4 is 0 Å². The van der Waals surface area contributed by atoms with Crippen LogP contribution in [0.4, 0.5) is 0 Å². The zero-order chi connectivity index (χ0) is 11.1. The van der Waals surface area contributed by atoms with Crippen molar-refractivity contribution in [3.8, 4) is 5.82 Å². The van der Waals surface area contributed by atoms with E-state index in [-0.39, 0.29) is 0 Å². The van der Waals surface area contributed by atoms with Gasteiger partial charge in [0, 0.05) is 18.3 Å². The Morgan fingerprint density at radius 3 is 2.94 bits per heavy atom. The Balaban J connectivity index is 2.03. The monoisotopic (exact) mass is 277 g/mol. The quantitative estimate of drug-likeness (QED) is 0.844. The van der Waals surface area contributed by atoms with Gasteiger partial charge in [0.25, 0.3) is 0 Å². The highest BCUT2D eigenvalue weighted by Crippen LogP contribution is 2.39. The molecule has 0 amide bonds. The molecule has 0 unspecified atom stereocenters. The van der Waals surface area contributed by atoms with Gasteiger partial charge in [-0.2, -0.15) is 5.10 Å². The molecule has 0 spiro atoms. The van der Waals surface area contributed by atoms with Gasteiger partial charge in [0.2, 0.25) is 0 Å². The fraction of sp³-hybridized carbons (Fsp3) is 0.333. The Morgan fingerprint density at radius 2 is 2.19 bits per heavy atom. The van der Waals surface area contributed by atoms with Crippen molar-refractivity contribution in [3.63, 3.8) is 0 Å². The number of aromatic nitrogens is 3. The predicted octanol–water partition coefficient (Wildman–Crippen LogP) is 3.22. The molecule has 1 saturated carbocycles. The predicted molar refractivity (Wildman–Crippen MR) is 65.8 cm³/mol. The molecule has 3 nitrogen and oxygen atoms in total. The number of rotatable bonds is 2. The Labute approximate surface area is 103 Å². The van der Waals surface area contributed by atoms with E-state index in [1.54, 1.807) is 0 Å². The van der Waals surface area contributed by atoms with Crippen LogP contribution in [0.3, 0.4) is 0 Å². The smallest absolute Gasteiger partial charge is 0.167 e. The van der Waals surface area contributed by atoms with Gasteiger partial charge < -0.3 is 0 Å². The molecule has 0 aromatic carbocycles. The summed E-state index contributed by atoms with van der Waals surface area (Å²) < 4.78 is 2.87. The van der Waals surface area contributed by atoms with Gasteiger partial charge in [-0.3, -0.25) is 0 Å². The van der Waals surface area contributed by atoms with Gasteiger partial charge in [0.05, 0.1) is 10.2 Å². The van der Waals surface area contributed by atoms with Crippen molar-refractivity contribution in [1.29, 1.82) is 0 Å². The summed E-state index contributed by atoms with van der Waals surface area (Å²) in [6, 6.07) is 4.08. The van der Waals surface area contributed by atoms with E-state index in [4.69, 9.17) is 0 Å². The van der Waals surface area contributed by atoms with Gasteiger partial charge >= 0.3 is 0 Å². The fourth-order valence-corrected chi connectivity index (χ4v) is 2.15. The molecule has 0 bridgehead atoms. The van der Waals surface area contributed by atoms with Crippen molar-refractivity contribution in [2.75, 3.05) is 0 Å². The zero-order valence-corrected chi connectivity index (χ0v) is 10.6. The van der Waals surface area contributed by atoms with Crippen molar-refractivity contribution in [3.05, 3.63) is 40.3 Å². The number of pyridine rings is 1. The van der Waals surface area contributed by atoms with Crippen LogP contribution >= 0.6 is 15.9 Å². The van der Waals surface area contributed by atoms with E-state index < -0.39 is 0 Å². The van der Waals surface area contributed by atoms with Crippen LogP contribution in [-0.2, 0) is 0 Å². The molecule has 16 heavy (non-hydrogen) atoms. The van der Waals surface area contributed by atoms with Gasteiger partial charge in [0.1, 0.15) is 0 Å². The molecular formula is C12H12BrN3. The minimum Gasteiger partial charge on any atom is -0.236 e. The average Bonchev–Trinajstić information content (AvgIpc) is 3.02. The van der Waals surface area contributed by atoms with E-state index >= 15 is 0 Å². The van der Waals surface area contributed by atoms with Crippen molar-refractivity contribution in [1.82, 2.24) is 14.8 Å². The molecule has 0 saturated heterocycles. The summed E-state index contributed by atoms with van der Waals surface area (Å²) in [5.41, 5.74) is 2.36. The van der Waals surface area contributed by atoms with Crippen molar-refractivity contribution >= 4 is 15.9 Å². The molecule has 0 aliphatic heterocycles. The molecule has 1 aliphatic carbocycles. The summed E-state index contributed by atoms with van der Waals surface area (Å²) in [7, 11) is 0. The Hall–Kier alpha value is -1.16. The molecule has 3 rings (SSSR count). The first-order chi connectivity index (χ1) is 7.75. The second-order valence-corrected chi connectivity index (χ2v) is 5.02. The highest BCUT2D eigenvalue weighted by Gasteiger charge is 2.26. The minimum atomic E-state index is 0.685. The highest BCUT2D eigenvalue weighted by molar-refractivity contribution is 9.10. The summed E-state index contributed by atoms with van der Waals surface area (Å²) in [4.78, 5) is 4.36. The maximum atomic E-state index is 4.57.